The van der Waals surface area contributed by atoms with Crippen LogP contribution in [-0.2, 0) is 0 Å². The summed E-state index contributed by atoms with van der Waals surface area (Å²) in [4.78, 5) is 0. The maximum Gasteiger partial charge on any atom is 0.133 e. The monoisotopic (exact) mass is 390 g/mol. The minimum absolute atomic E-state index is 0.287. The molecule has 0 N–H and O–H groups in total. The molecule has 0 saturated carbocycles. The van der Waals surface area contributed by atoms with Crippen LogP contribution in [0.25, 0.3) is 0 Å². The second-order valence-electron chi connectivity index (χ2n) is 4.54. The van der Waals surface area contributed by atoms with Crippen molar-refractivity contribution in [3.05, 3.63) is 62.8 Å². The first-order chi connectivity index (χ1) is 10.0. The number of benzene rings is 2. The highest BCUT2D eigenvalue weighted by molar-refractivity contribution is 9.10. The van der Waals surface area contributed by atoms with Gasteiger partial charge >= 0.3 is 0 Å². The Labute approximate surface area is 142 Å². The molecule has 112 valence electrons. The van der Waals surface area contributed by atoms with Crippen LogP contribution >= 0.6 is 39.1 Å². The number of hydrogen-bond acceptors (Lipinski definition) is 1. The van der Waals surface area contributed by atoms with Crippen LogP contribution in [0.1, 0.15) is 29.8 Å². The quantitative estimate of drug-likeness (QED) is 0.539. The molecule has 0 bridgehead atoms. The van der Waals surface area contributed by atoms with Crippen LogP contribution in [0.4, 0.5) is 4.39 Å². The van der Waals surface area contributed by atoms with Crippen LogP contribution in [0.2, 0.25) is 5.02 Å². The van der Waals surface area contributed by atoms with Gasteiger partial charge in [0.05, 0.1) is 16.5 Å². The maximum atomic E-state index is 13.9. The Kier molecular flexibility index (Phi) is 5.91. The molecule has 21 heavy (non-hydrogen) atoms. The summed E-state index contributed by atoms with van der Waals surface area (Å²) in [6.45, 7) is 2.68. The van der Waals surface area contributed by atoms with Crippen molar-refractivity contribution in [3.63, 3.8) is 0 Å². The summed E-state index contributed by atoms with van der Waals surface area (Å²) < 4.78 is 20.3. The van der Waals surface area contributed by atoms with Crippen LogP contribution in [0, 0.1) is 5.82 Å². The first kappa shape index (κ1) is 16.6. The second kappa shape index (κ2) is 7.48. The fraction of sp³-hybridized carbons (Fsp3) is 0.250. The summed E-state index contributed by atoms with van der Waals surface area (Å²) in [5.74, 6) is 0.328. The Bertz CT molecular complexity index is 613. The van der Waals surface area contributed by atoms with Gasteiger partial charge in [0, 0.05) is 10.6 Å². The normalized spacial score (nSPS) is 12.2. The first-order valence-corrected chi connectivity index (χ1v) is 8.15. The van der Waals surface area contributed by atoms with Crippen molar-refractivity contribution in [1.29, 1.82) is 0 Å². The minimum Gasteiger partial charge on any atom is -0.492 e. The van der Waals surface area contributed by atoms with E-state index in [1.54, 1.807) is 12.1 Å². The third-order valence-electron chi connectivity index (χ3n) is 2.96. The molecule has 0 fully saturated rings. The van der Waals surface area contributed by atoms with Crippen molar-refractivity contribution in [1.82, 2.24) is 0 Å². The third kappa shape index (κ3) is 3.91. The summed E-state index contributed by atoms with van der Waals surface area (Å²) >= 11 is 15.9. The van der Waals surface area contributed by atoms with Crippen LogP contribution in [0.15, 0.2) is 40.9 Å². The van der Waals surface area contributed by atoms with Crippen LogP contribution in [0.5, 0.6) is 5.75 Å². The Balaban J connectivity index is 2.32. The molecule has 0 aliphatic heterocycles. The number of rotatable bonds is 5. The van der Waals surface area contributed by atoms with Gasteiger partial charge in [-0.3, -0.25) is 0 Å². The number of hydrogen-bond donors (Lipinski definition) is 0. The van der Waals surface area contributed by atoms with Gasteiger partial charge in [0.15, 0.2) is 0 Å². The fourth-order valence-electron chi connectivity index (χ4n) is 1.92. The molecule has 1 nitrogen and oxygen atoms in total. The van der Waals surface area contributed by atoms with Crippen molar-refractivity contribution in [2.24, 2.45) is 0 Å². The fourth-order valence-corrected chi connectivity index (χ4v) is 3.12. The lowest BCUT2D eigenvalue weighted by Gasteiger charge is -2.15. The van der Waals surface area contributed by atoms with Crippen molar-refractivity contribution >= 4 is 39.1 Å². The molecule has 2 aromatic carbocycles. The van der Waals surface area contributed by atoms with E-state index in [1.807, 2.05) is 25.1 Å². The van der Waals surface area contributed by atoms with E-state index in [0.717, 1.165) is 22.2 Å². The molecule has 0 amide bonds. The lowest BCUT2D eigenvalue weighted by molar-refractivity contribution is 0.315. The summed E-state index contributed by atoms with van der Waals surface area (Å²) in [5.41, 5.74) is 1.04. The first-order valence-electron chi connectivity index (χ1n) is 6.54. The van der Waals surface area contributed by atoms with E-state index < -0.39 is 11.2 Å². The molecule has 0 aliphatic rings. The Morgan fingerprint density at radius 3 is 2.67 bits per heavy atom. The van der Waals surface area contributed by atoms with E-state index in [-0.39, 0.29) is 5.56 Å². The maximum absolute atomic E-state index is 13.9. The van der Waals surface area contributed by atoms with Crippen molar-refractivity contribution in [2.45, 2.75) is 18.7 Å². The molecule has 0 aliphatic carbocycles. The lowest BCUT2D eigenvalue weighted by Crippen LogP contribution is -2.00. The summed E-state index contributed by atoms with van der Waals surface area (Å²) in [6, 6.07) is 10.00. The Hall–Kier alpha value is -0.770. The van der Waals surface area contributed by atoms with Crippen LogP contribution in [0.3, 0.4) is 0 Å². The van der Waals surface area contributed by atoms with Gasteiger partial charge in [-0.2, -0.15) is 0 Å². The summed E-state index contributed by atoms with van der Waals surface area (Å²) in [7, 11) is 0. The van der Waals surface area contributed by atoms with Crippen molar-refractivity contribution < 1.29 is 9.13 Å². The van der Waals surface area contributed by atoms with Gasteiger partial charge in [-0.05, 0) is 52.2 Å². The van der Waals surface area contributed by atoms with E-state index in [2.05, 4.69) is 15.9 Å². The molecule has 2 aromatic rings. The van der Waals surface area contributed by atoms with Gasteiger partial charge in [-0.15, -0.1) is 11.6 Å². The lowest BCUT2D eigenvalue weighted by atomic mass is 10.0. The predicted molar refractivity (Wildman–Crippen MR) is 89.0 cm³/mol. The Morgan fingerprint density at radius 2 is 2.05 bits per heavy atom. The topological polar surface area (TPSA) is 9.23 Å². The zero-order valence-electron chi connectivity index (χ0n) is 11.4. The van der Waals surface area contributed by atoms with Gasteiger partial charge in [0.1, 0.15) is 11.6 Å². The molecular formula is C16H14BrCl2FO. The van der Waals surface area contributed by atoms with E-state index in [0.29, 0.717) is 11.6 Å². The van der Waals surface area contributed by atoms with Crippen LogP contribution < -0.4 is 4.74 Å². The minimum atomic E-state index is -0.657. The van der Waals surface area contributed by atoms with Gasteiger partial charge in [-0.25, -0.2) is 4.39 Å². The number of halogens is 4. The molecule has 0 heterocycles. The molecule has 2 rings (SSSR count). The SMILES string of the molecule is CCCOc1ccc(C(Cl)c2c(F)cccc2Cl)cc1Br. The average Bonchev–Trinajstić information content (AvgIpc) is 2.45. The van der Waals surface area contributed by atoms with E-state index in [1.165, 1.54) is 6.07 Å². The smallest absolute Gasteiger partial charge is 0.133 e. The standard InChI is InChI=1S/C16H14BrCl2FO/c1-2-8-21-14-7-6-10(9-11(14)17)16(19)15-12(18)4-3-5-13(15)20/h3-7,9,16H,2,8H2,1H3. The van der Waals surface area contributed by atoms with Gasteiger partial charge in [0.25, 0.3) is 0 Å². The number of ether oxygens (including phenoxy) is 1. The highest BCUT2D eigenvalue weighted by Gasteiger charge is 2.19. The molecule has 1 unspecified atom stereocenters. The number of alkyl halides is 1. The predicted octanol–water partition coefficient (Wildman–Crippen LogP) is 6.36. The third-order valence-corrected chi connectivity index (χ3v) is 4.38. The molecular weight excluding hydrogens is 378 g/mol. The highest BCUT2D eigenvalue weighted by Crippen LogP contribution is 2.38. The molecule has 0 radical (unpaired) electrons. The molecule has 0 saturated heterocycles. The molecule has 0 aromatic heterocycles. The second-order valence-corrected chi connectivity index (χ2v) is 6.23. The van der Waals surface area contributed by atoms with Gasteiger partial charge in [0.2, 0.25) is 0 Å². The van der Waals surface area contributed by atoms with Crippen molar-refractivity contribution in [2.75, 3.05) is 6.61 Å². The molecule has 0 spiro atoms. The largest absolute Gasteiger partial charge is 0.492 e. The van der Waals surface area contributed by atoms with E-state index >= 15 is 0 Å². The summed E-state index contributed by atoms with van der Waals surface area (Å²) in [5, 5.41) is -0.340. The zero-order valence-corrected chi connectivity index (χ0v) is 14.5. The van der Waals surface area contributed by atoms with Crippen LogP contribution in [-0.4, -0.2) is 6.61 Å². The van der Waals surface area contributed by atoms with E-state index in [4.69, 9.17) is 27.9 Å². The van der Waals surface area contributed by atoms with Gasteiger partial charge in [-0.1, -0.05) is 30.7 Å². The van der Waals surface area contributed by atoms with E-state index in [9.17, 15) is 4.39 Å². The average molecular weight is 392 g/mol. The van der Waals surface area contributed by atoms with Gasteiger partial charge < -0.3 is 4.74 Å². The van der Waals surface area contributed by atoms with Crippen molar-refractivity contribution in [3.8, 4) is 5.75 Å². The Morgan fingerprint density at radius 1 is 1.29 bits per heavy atom. The molecule has 1 atom stereocenters. The highest BCUT2D eigenvalue weighted by atomic mass is 79.9. The zero-order chi connectivity index (χ0) is 15.4. The summed E-state index contributed by atoms with van der Waals surface area (Å²) in [6.07, 6.45) is 0.928. The molecule has 5 heteroatoms.